The fourth-order valence-electron chi connectivity index (χ4n) is 1.68. The molecule has 4 heteroatoms. The van der Waals surface area contributed by atoms with E-state index in [1.54, 1.807) is 13.2 Å². The van der Waals surface area contributed by atoms with Gasteiger partial charge in [-0.2, -0.15) is 0 Å². The normalized spacial score (nSPS) is 13.1. The van der Waals surface area contributed by atoms with E-state index >= 15 is 0 Å². The molecule has 0 saturated carbocycles. The van der Waals surface area contributed by atoms with Gasteiger partial charge in [-0.3, -0.25) is 4.79 Å². The standard InChI is InChI=1S/C12H20N2O2/c1-5-10(16-4)12-13-9(6-8(2)3)7-11(15)14-12/h7-8,10H,5-6H2,1-4H3,(H,13,14,15). The maximum atomic E-state index is 11.5. The molecule has 0 fully saturated rings. The molecule has 0 aliphatic carbocycles. The van der Waals surface area contributed by atoms with E-state index in [9.17, 15) is 4.79 Å². The molecular weight excluding hydrogens is 204 g/mol. The minimum absolute atomic E-state index is 0.101. The molecule has 0 aromatic carbocycles. The molecule has 1 N–H and O–H groups in total. The number of nitrogens with zero attached hydrogens (tertiary/aromatic N) is 1. The van der Waals surface area contributed by atoms with E-state index in [-0.39, 0.29) is 11.7 Å². The summed E-state index contributed by atoms with van der Waals surface area (Å²) in [7, 11) is 1.63. The second-order valence-electron chi connectivity index (χ2n) is 4.35. The number of nitrogens with one attached hydrogen (secondary N) is 1. The summed E-state index contributed by atoms with van der Waals surface area (Å²) in [5, 5.41) is 0. The zero-order valence-electron chi connectivity index (χ0n) is 10.4. The number of methoxy groups -OCH3 is 1. The summed E-state index contributed by atoms with van der Waals surface area (Å²) < 4.78 is 5.27. The lowest BCUT2D eigenvalue weighted by Gasteiger charge is -2.13. The molecule has 1 unspecified atom stereocenters. The smallest absolute Gasteiger partial charge is 0.251 e. The third-order valence-electron chi connectivity index (χ3n) is 2.39. The van der Waals surface area contributed by atoms with Gasteiger partial charge in [0.05, 0.1) is 0 Å². The quantitative estimate of drug-likeness (QED) is 0.833. The summed E-state index contributed by atoms with van der Waals surface area (Å²) >= 11 is 0. The van der Waals surface area contributed by atoms with Crippen LogP contribution in [0.2, 0.25) is 0 Å². The van der Waals surface area contributed by atoms with Crippen LogP contribution in [0.3, 0.4) is 0 Å². The zero-order valence-corrected chi connectivity index (χ0v) is 10.4. The van der Waals surface area contributed by atoms with E-state index in [0.717, 1.165) is 18.5 Å². The number of hydrogen-bond donors (Lipinski definition) is 1. The molecule has 0 bridgehead atoms. The molecule has 1 rings (SSSR count). The van der Waals surface area contributed by atoms with Crippen molar-refractivity contribution in [2.45, 2.75) is 39.7 Å². The zero-order chi connectivity index (χ0) is 12.1. The van der Waals surface area contributed by atoms with Gasteiger partial charge < -0.3 is 9.72 Å². The first-order chi connectivity index (χ1) is 7.56. The SMILES string of the molecule is CCC(OC)c1nc(CC(C)C)cc(=O)[nH]1. The molecule has 1 heterocycles. The Bertz CT molecular complexity index is 381. The molecule has 1 aromatic rings. The first kappa shape index (κ1) is 12.9. The number of hydrogen-bond acceptors (Lipinski definition) is 3. The summed E-state index contributed by atoms with van der Waals surface area (Å²) in [6.45, 7) is 6.22. The molecule has 0 amide bonds. The minimum Gasteiger partial charge on any atom is -0.374 e. The fourth-order valence-corrected chi connectivity index (χ4v) is 1.68. The number of H-pyrrole nitrogens is 1. The van der Waals surface area contributed by atoms with Crippen LogP contribution < -0.4 is 5.56 Å². The van der Waals surface area contributed by atoms with Crippen molar-refractivity contribution in [2.75, 3.05) is 7.11 Å². The Hall–Kier alpha value is -1.16. The molecule has 90 valence electrons. The second kappa shape index (κ2) is 5.80. The van der Waals surface area contributed by atoms with Gasteiger partial charge in [-0.25, -0.2) is 4.98 Å². The predicted molar refractivity (Wildman–Crippen MR) is 63.4 cm³/mol. The fraction of sp³-hybridized carbons (Fsp3) is 0.667. The van der Waals surface area contributed by atoms with Crippen LogP contribution >= 0.6 is 0 Å². The molecule has 1 aromatic heterocycles. The minimum atomic E-state index is -0.125. The Balaban J connectivity index is 3.02. The molecule has 0 aliphatic rings. The van der Waals surface area contributed by atoms with Crippen LogP contribution in [0.15, 0.2) is 10.9 Å². The Kier molecular flexibility index (Phi) is 4.68. The lowest BCUT2D eigenvalue weighted by molar-refractivity contribution is 0.0921. The summed E-state index contributed by atoms with van der Waals surface area (Å²) in [6, 6.07) is 1.56. The van der Waals surface area contributed by atoms with Crippen LogP contribution in [0.25, 0.3) is 0 Å². The molecule has 1 atom stereocenters. The molecular formula is C12H20N2O2. The highest BCUT2D eigenvalue weighted by molar-refractivity contribution is 5.05. The average Bonchev–Trinajstić information content (AvgIpc) is 2.17. The highest BCUT2D eigenvalue weighted by Crippen LogP contribution is 2.15. The van der Waals surface area contributed by atoms with E-state index in [2.05, 4.69) is 23.8 Å². The second-order valence-corrected chi connectivity index (χ2v) is 4.35. The van der Waals surface area contributed by atoms with Gasteiger partial charge in [0.25, 0.3) is 5.56 Å². The maximum absolute atomic E-state index is 11.5. The van der Waals surface area contributed by atoms with Crippen molar-refractivity contribution in [3.05, 3.63) is 27.9 Å². The molecule has 0 spiro atoms. The molecule has 16 heavy (non-hydrogen) atoms. The summed E-state index contributed by atoms with van der Waals surface area (Å²) in [5.74, 6) is 1.12. The highest BCUT2D eigenvalue weighted by atomic mass is 16.5. The van der Waals surface area contributed by atoms with E-state index in [4.69, 9.17) is 4.74 Å². The van der Waals surface area contributed by atoms with Gasteiger partial charge in [-0.05, 0) is 18.8 Å². The van der Waals surface area contributed by atoms with Crippen LogP contribution in [-0.4, -0.2) is 17.1 Å². The Morgan fingerprint density at radius 3 is 2.69 bits per heavy atom. The molecule has 0 radical (unpaired) electrons. The average molecular weight is 224 g/mol. The van der Waals surface area contributed by atoms with Gasteiger partial charge in [0, 0.05) is 18.9 Å². The van der Waals surface area contributed by atoms with Gasteiger partial charge in [-0.15, -0.1) is 0 Å². The summed E-state index contributed by atoms with van der Waals surface area (Å²) in [4.78, 5) is 18.6. The van der Waals surface area contributed by atoms with E-state index < -0.39 is 0 Å². The van der Waals surface area contributed by atoms with Crippen LogP contribution in [0.4, 0.5) is 0 Å². The van der Waals surface area contributed by atoms with Gasteiger partial charge in [0.2, 0.25) is 0 Å². The number of aromatic nitrogens is 2. The van der Waals surface area contributed by atoms with Crippen LogP contribution in [0.5, 0.6) is 0 Å². The van der Waals surface area contributed by atoms with Crippen molar-refractivity contribution in [1.29, 1.82) is 0 Å². The van der Waals surface area contributed by atoms with Crippen LogP contribution in [0, 0.1) is 5.92 Å². The highest BCUT2D eigenvalue weighted by Gasteiger charge is 2.12. The van der Waals surface area contributed by atoms with Crippen molar-refractivity contribution in [3.63, 3.8) is 0 Å². The third-order valence-corrected chi connectivity index (χ3v) is 2.39. The molecule has 4 nitrogen and oxygen atoms in total. The van der Waals surface area contributed by atoms with Gasteiger partial charge in [0.15, 0.2) is 0 Å². The predicted octanol–water partition coefficient (Wildman–Crippen LogP) is 2.07. The Labute approximate surface area is 96.1 Å². The first-order valence-corrected chi connectivity index (χ1v) is 5.69. The first-order valence-electron chi connectivity index (χ1n) is 5.69. The van der Waals surface area contributed by atoms with Gasteiger partial charge >= 0.3 is 0 Å². The summed E-state index contributed by atoms with van der Waals surface area (Å²) in [6.07, 6.45) is 1.49. The van der Waals surface area contributed by atoms with Crippen molar-refractivity contribution in [2.24, 2.45) is 5.92 Å². The summed E-state index contributed by atoms with van der Waals surface area (Å²) in [5.41, 5.74) is 0.736. The Morgan fingerprint density at radius 2 is 2.19 bits per heavy atom. The monoisotopic (exact) mass is 224 g/mol. The van der Waals surface area contributed by atoms with Crippen molar-refractivity contribution < 1.29 is 4.74 Å². The van der Waals surface area contributed by atoms with E-state index in [0.29, 0.717) is 11.7 Å². The van der Waals surface area contributed by atoms with Crippen molar-refractivity contribution in [1.82, 2.24) is 9.97 Å². The lowest BCUT2D eigenvalue weighted by Crippen LogP contribution is -2.17. The van der Waals surface area contributed by atoms with E-state index in [1.165, 1.54) is 0 Å². The third kappa shape index (κ3) is 3.45. The van der Waals surface area contributed by atoms with Crippen LogP contribution in [0.1, 0.15) is 44.8 Å². The van der Waals surface area contributed by atoms with Gasteiger partial charge in [0.1, 0.15) is 11.9 Å². The number of rotatable bonds is 5. The molecule has 0 aliphatic heterocycles. The van der Waals surface area contributed by atoms with Crippen LogP contribution in [-0.2, 0) is 11.2 Å². The molecule has 0 saturated heterocycles. The topological polar surface area (TPSA) is 55.0 Å². The lowest BCUT2D eigenvalue weighted by atomic mass is 10.1. The maximum Gasteiger partial charge on any atom is 0.251 e. The number of aromatic amines is 1. The van der Waals surface area contributed by atoms with E-state index in [1.807, 2.05) is 6.92 Å². The number of ether oxygens (including phenoxy) is 1. The van der Waals surface area contributed by atoms with Crippen molar-refractivity contribution >= 4 is 0 Å². The van der Waals surface area contributed by atoms with Gasteiger partial charge in [-0.1, -0.05) is 20.8 Å². The van der Waals surface area contributed by atoms with Crippen molar-refractivity contribution in [3.8, 4) is 0 Å². The Morgan fingerprint density at radius 1 is 1.50 bits per heavy atom. The largest absolute Gasteiger partial charge is 0.374 e.